The molecule has 2 atom stereocenters. The smallest absolute Gasteiger partial charge is 0.0929 e. The minimum absolute atomic E-state index is 0.459. The molecule has 0 saturated carbocycles. The number of nitrogens with zero attached hydrogens (tertiary/aromatic N) is 2. The Kier molecular flexibility index (Phi) is 3.88. The lowest BCUT2D eigenvalue weighted by atomic mass is 10.1. The van der Waals surface area contributed by atoms with Gasteiger partial charge in [0.25, 0.3) is 0 Å². The summed E-state index contributed by atoms with van der Waals surface area (Å²) in [6.45, 7) is 2.81. The maximum absolute atomic E-state index is 9.93. The molecule has 0 amide bonds. The van der Waals surface area contributed by atoms with Crippen LogP contribution in [0.5, 0.6) is 0 Å². The molecule has 2 unspecified atom stereocenters. The molecule has 0 aliphatic carbocycles. The number of likely N-dealkylation sites (N-methyl/N-ethyl adjacent to an activating group) is 1. The Morgan fingerprint density at radius 2 is 2.56 bits per heavy atom. The summed E-state index contributed by atoms with van der Waals surface area (Å²) in [5, 5.41) is 13.3. The molecule has 0 radical (unpaired) electrons. The first kappa shape index (κ1) is 11.5. The molecule has 0 bridgehead atoms. The van der Waals surface area contributed by atoms with Crippen LogP contribution in [0.1, 0.15) is 18.1 Å². The van der Waals surface area contributed by atoms with Crippen LogP contribution in [-0.4, -0.2) is 47.7 Å². The maximum Gasteiger partial charge on any atom is 0.0929 e. The van der Waals surface area contributed by atoms with Crippen molar-refractivity contribution in [1.29, 1.82) is 0 Å². The highest BCUT2D eigenvalue weighted by atomic mass is 16.3. The number of nitrogens with one attached hydrogen (secondary N) is 1. The van der Waals surface area contributed by atoms with Crippen molar-refractivity contribution in [2.24, 2.45) is 0 Å². The average Bonchev–Trinajstić information content (AvgIpc) is 2.73. The number of hydrogen-bond acceptors (Lipinski definition) is 4. The normalized spacial score (nSPS) is 23.5. The van der Waals surface area contributed by atoms with Gasteiger partial charge in [0.2, 0.25) is 0 Å². The first-order chi connectivity index (χ1) is 7.75. The topological polar surface area (TPSA) is 48.4 Å². The van der Waals surface area contributed by atoms with Crippen molar-refractivity contribution in [1.82, 2.24) is 15.2 Å². The highest BCUT2D eigenvalue weighted by molar-refractivity contribution is 5.12. The lowest BCUT2D eigenvalue weighted by Gasteiger charge is -2.16. The summed E-state index contributed by atoms with van der Waals surface area (Å²) in [6.07, 6.45) is 4.14. The number of pyridine rings is 1. The summed E-state index contributed by atoms with van der Waals surface area (Å²) in [5.74, 6) is 0. The van der Waals surface area contributed by atoms with Gasteiger partial charge in [-0.05, 0) is 26.1 Å². The molecule has 1 aliphatic rings. The predicted octanol–water partition coefficient (Wildman–Crippen LogP) is 0.409. The van der Waals surface area contributed by atoms with Gasteiger partial charge in [0.05, 0.1) is 6.10 Å². The van der Waals surface area contributed by atoms with Gasteiger partial charge >= 0.3 is 0 Å². The van der Waals surface area contributed by atoms with E-state index in [1.54, 1.807) is 12.4 Å². The second-order valence-corrected chi connectivity index (χ2v) is 4.46. The van der Waals surface area contributed by atoms with Gasteiger partial charge in [0.1, 0.15) is 0 Å². The van der Waals surface area contributed by atoms with Crippen LogP contribution in [0.4, 0.5) is 0 Å². The van der Waals surface area contributed by atoms with Gasteiger partial charge in [-0.3, -0.25) is 4.98 Å². The Morgan fingerprint density at radius 1 is 1.69 bits per heavy atom. The summed E-state index contributed by atoms with van der Waals surface area (Å²) >= 11 is 0. The molecule has 1 aromatic rings. The minimum atomic E-state index is -0.459. The summed E-state index contributed by atoms with van der Waals surface area (Å²) in [7, 11) is 2.12. The van der Waals surface area contributed by atoms with E-state index in [2.05, 4.69) is 22.2 Å². The van der Waals surface area contributed by atoms with E-state index in [1.807, 2.05) is 12.1 Å². The van der Waals surface area contributed by atoms with Crippen LogP contribution in [-0.2, 0) is 0 Å². The van der Waals surface area contributed by atoms with E-state index in [0.29, 0.717) is 12.6 Å². The highest BCUT2D eigenvalue weighted by Gasteiger charge is 2.19. The van der Waals surface area contributed by atoms with Crippen LogP contribution >= 0.6 is 0 Å². The fourth-order valence-corrected chi connectivity index (χ4v) is 2.07. The quantitative estimate of drug-likeness (QED) is 0.773. The molecule has 2 heterocycles. The zero-order valence-corrected chi connectivity index (χ0v) is 9.63. The van der Waals surface area contributed by atoms with E-state index in [-0.39, 0.29) is 0 Å². The molecular formula is C12H19N3O. The summed E-state index contributed by atoms with van der Waals surface area (Å²) in [4.78, 5) is 6.30. The lowest BCUT2D eigenvalue weighted by Crippen LogP contribution is -2.34. The van der Waals surface area contributed by atoms with Crippen LogP contribution < -0.4 is 5.32 Å². The van der Waals surface area contributed by atoms with Crippen LogP contribution in [0.3, 0.4) is 0 Å². The molecule has 0 spiro atoms. The first-order valence-corrected chi connectivity index (χ1v) is 5.75. The number of hydrogen-bond donors (Lipinski definition) is 2. The van der Waals surface area contributed by atoms with E-state index in [0.717, 1.165) is 25.1 Å². The molecule has 2 rings (SSSR count). The number of aliphatic hydroxyl groups excluding tert-OH is 1. The number of likely N-dealkylation sites (tertiary alicyclic amines) is 1. The molecular weight excluding hydrogens is 202 g/mol. The predicted molar refractivity (Wildman–Crippen MR) is 63.1 cm³/mol. The van der Waals surface area contributed by atoms with E-state index < -0.39 is 6.10 Å². The van der Waals surface area contributed by atoms with E-state index >= 15 is 0 Å². The molecule has 1 aromatic heterocycles. The van der Waals surface area contributed by atoms with Crippen molar-refractivity contribution >= 4 is 0 Å². The second kappa shape index (κ2) is 5.39. The Bertz CT molecular complexity index is 317. The summed E-state index contributed by atoms with van der Waals surface area (Å²) < 4.78 is 0. The Labute approximate surface area is 96.3 Å². The van der Waals surface area contributed by atoms with Crippen molar-refractivity contribution in [2.75, 3.05) is 26.7 Å². The van der Waals surface area contributed by atoms with E-state index in [4.69, 9.17) is 0 Å². The SMILES string of the molecule is CN1CCC(NCC(O)c2cccnc2)C1. The second-order valence-electron chi connectivity index (χ2n) is 4.46. The minimum Gasteiger partial charge on any atom is -0.387 e. The fraction of sp³-hybridized carbons (Fsp3) is 0.583. The molecule has 16 heavy (non-hydrogen) atoms. The molecule has 1 aliphatic heterocycles. The average molecular weight is 221 g/mol. The highest BCUT2D eigenvalue weighted by Crippen LogP contribution is 2.11. The number of aliphatic hydroxyl groups is 1. The first-order valence-electron chi connectivity index (χ1n) is 5.75. The molecule has 88 valence electrons. The van der Waals surface area contributed by atoms with Gasteiger partial charge in [-0.25, -0.2) is 0 Å². The Morgan fingerprint density at radius 3 is 3.19 bits per heavy atom. The largest absolute Gasteiger partial charge is 0.387 e. The molecule has 4 nitrogen and oxygen atoms in total. The van der Waals surface area contributed by atoms with Gasteiger partial charge in [-0.2, -0.15) is 0 Å². The van der Waals surface area contributed by atoms with Gasteiger partial charge in [0.15, 0.2) is 0 Å². The van der Waals surface area contributed by atoms with Gasteiger partial charge in [-0.1, -0.05) is 6.07 Å². The zero-order chi connectivity index (χ0) is 11.4. The zero-order valence-electron chi connectivity index (χ0n) is 9.63. The third-order valence-corrected chi connectivity index (χ3v) is 3.06. The number of aromatic nitrogens is 1. The van der Waals surface area contributed by atoms with Crippen LogP contribution in [0, 0.1) is 0 Å². The summed E-state index contributed by atoms with van der Waals surface area (Å²) in [5.41, 5.74) is 0.876. The Hall–Kier alpha value is -0.970. The van der Waals surface area contributed by atoms with E-state index in [1.165, 1.54) is 0 Å². The molecule has 1 fully saturated rings. The third kappa shape index (κ3) is 3.01. The Balaban J connectivity index is 1.78. The van der Waals surface area contributed by atoms with E-state index in [9.17, 15) is 5.11 Å². The molecule has 1 saturated heterocycles. The monoisotopic (exact) mass is 221 g/mol. The van der Waals surface area contributed by atoms with Gasteiger partial charge in [0, 0.05) is 37.1 Å². The van der Waals surface area contributed by atoms with Crippen LogP contribution in [0.15, 0.2) is 24.5 Å². The maximum atomic E-state index is 9.93. The van der Waals surface area contributed by atoms with Crippen molar-refractivity contribution < 1.29 is 5.11 Å². The van der Waals surface area contributed by atoms with Gasteiger partial charge < -0.3 is 15.3 Å². The third-order valence-electron chi connectivity index (χ3n) is 3.06. The van der Waals surface area contributed by atoms with Crippen LogP contribution in [0.2, 0.25) is 0 Å². The standard InChI is InChI=1S/C12H19N3O/c1-15-6-4-11(9-15)14-8-12(16)10-3-2-5-13-7-10/h2-3,5,7,11-12,14,16H,4,6,8-9H2,1H3. The van der Waals surface area contributed by atoms with Crippen molar-refractivity contribution in [2.45, 2.75) is 18.6 Å². The van der Waals surface area contributed by atoms with Crippen molar-refractivity contribution in [3.63, 3.8) is 0 Å². The van der Waals surface area contributed by atoms with Gasteiger partial charge in [-0.15, -0.1) is 0 Å². The fourth-order valence-electron chi connectivity index (χ4n) is 2.07. The number of rotatable bonds is 4. The van der Waals surface area contributed by atoms with Crippen molar-refractivity contribution in [3.05, 3.63) is 30.1 Å². The lowest BCUT2D eigenvalue weighted by molar-refractivity contribution is 0.169. The van der Waals surface area contributed by atoms with Crippen LogP contribution in [0.25, 0.3) is 0 Å². The van der Waals surface area contributed by atoms with Crippen molar-refractivity contribution in [3.8, 4) is 0 Å². The molecule has 4 heteroatoms. The summed E-state index contributed by atoms with van der Waals surface area (Å²) in [6, 6.07) is 4.26. The molecule has 0 aromatic carbocycles. The molecule has 2 N–H and O–H groups in total.